The average molecular weight is 391 g/mol. The van der Waals surface area contributed by atoms with Gasteiger partial charge in [0.2, 0.25) is 0 Å². The summed E-state index contributed by atoms with van der Waals surface area (Å²) < 4.78 is 6.81. The monoisotopic (exact) mass is 392 g/mol. The molecule has 1 aromatic carbocycles. The van der Waals surface area contributed by atoms with Crippen LogP contribution in [-0.4, -0.2) is 25.5 Å². The zero-order valence-electron chi connectivity index (χ0n) is 14.1. The van der Waals surface area contributed by atoms with E-state index in [0.29, 0.717) is 0 Å². The fourth-order valence-corrected chi connectivity index (χ4v) is 5.97. The van der Waals surface area contributed by atoms with Crippen LogP contribution >= 0.6 is 0 Å². The predicted molar refractivity (Wildman–Crippen MR) is 95.4 cm³/mol. The number of methoxy groups -OCH3 is 1. The maximum atomic E-state index is 5.16. The van der Waals surface area contributed by atoms with Crippen LogP contribution in [0.3, 0.4) is 0 Å². The number of benzene rings is 1. The molecule has 0 N–H and O–H groups in total. The molecule has 0 saturated heterocycles. The molecule has 0 aliphatic rings. The van der Waals surface area contributed by atoms with Crippen LogP contribution in [0.2, 0.25) is 14.8 Å². The predicted octanol–water partition coefficient (Wildman–Crippen LogP) is 5.43. The Bertz CT molecular complexity index is 509. The standard InChI is InChI=1S/C16H19O.3CH3.Sn/c1-3-4-5-6-7-8-9-10-15-11-13-16(17-2)14-12-15;;;;/h6,11-14H,3-5,8H2,1-2H3;3*1H3;. The number of unbranched alkanes of at least 4 members (excludes halogenated alkanes) is 2. The van der Waals surface area contributed by atoms with Gasteiger partial charge in [-0.25, -0.2) is 0 Å². The Kier molecular flexibility index (Phi) is 7.96. The number of allylic oxidation sites excluding steroid dienone is 2. The van der Waals surface area contributed by atoms with E-state index < -0.39 is 18.4 Å². The van der Waals surface area contributed by atoms with Crippen LogP contribution in [0.25, 0.3) is 0 Å². The minimum atomic E-state index is -1.99. The Hall–Kier alpha value is -0.881. The van der Waals surface area contributed by atoms with Gasteiger partial charge in [0.25, 0.3) is 0 Å². The first-order valence-electron chi connectivity index (χ1n) is 7.79. The van der Waals surface area contributed by atoms with Crippen molar-refractivity contribution in [2.75, 3.05) is 7.11 Å². The number of hydrogen-bond donors (Lipinski definition) is 0. The van der Waals surface area contributed by atoms with Crippen molar-refractivity contribution >= 4 is 18.4 Å². The summed E-state index contributed by atoms with van der Waals surface area (Å²) >= 11 is -1.99. The van der Waals surface area contributed by atoms with Crippen molar-refractivity contribution in [1.29, 1.82) is 0 Å². The second-order valence-electron chi connectivity index (χ2n) is 6.33. The van der Waals surface area contributed by atoms with Gasteiger partial charge in [-0.05, 0) is 0 Å². The van der Waals surface area contributed by atoms with Crippen LogP contribution in [0.1, 0.15) is 38.2 Å². The van der Waals surface area contributed by atoms with Crippen LogP contribution in [0.4, 0.5) is 0 Å². The summed E-state index contributed by atoms with van der Waals surface area (Å²) in [5, 5.41) is 0. The molecule has 0 amide bonds. The van der Waals surface area contributed by atoms with Crippen molar-refractivity contribution in [3.63, 3.8) is 0 Å². The van der Waals surface area contributed by atoms with Gasteiger partial charge in [-0.15, -0.1) is 0 Å². The van der Waals surface area contributed by atoms with Gasteiger partial charge in [-0.3, -0.25) is 0 Å². The van der Waals surface area contributed by atoms with Gasteiger partial charge in [0, 0.05) is 0 Å². The average Bonchev–Trinajstić information content (AvgIpc) is 2.45. The summed E-state index contributed by atoms with van der Waals surface area (Å²) in [6, 6.07) is 7.97. The summed E-state index contributed by atoms with van der Waals surface area (Å²) in [6.45, 7) is 2.25. The normalized spacial score (nSPS) is 11.8. The molecule has 0 aliphatic carbocycles. The zero-order chi connectivity index (χ0) is 15.7. The van der Waals surface area contributed by atoms with E-state index in [1.807, 2.05) is 24.3 Å². The number of rotatable bonds is 6. The van der Waals surface area contributed by atoms with E-state index >= 15 is 0 Å². The van der Waals surface area contributed by atoms with Crippen molar-refractivity contribution in [1.82, 2.24) is 0 Å². The number of ether oxygens (including phenoxy) is 1. The first-order valence-corrected chi connectivity index (χ1v) is 17.8. The van der Waals surface area contributed by atoms with Gasteiger partial charge < -0.3 is 0 Å². The molecule has 0 aromatic heterocycles. The Morgan fingerprint density at radius 1 is 1.19 bits per heavy atom. The molecule has 0 bridgehead atoms. The summed E-state index contributed by atoms with van der Waals surface area (Å²) in [5.74, 6) is 7.52. The van der Waals surface area contributed by atoms with E-state index in [0.717, 1.165) is 17.7 Å². The van der Waals surface area contributed by atoms with Gasteiger partial charge in [-0.1, -0.05) is 0 Å². The topological polar surface area (TPSA) is 9.23 Å². The van der Waals surface area contributed by atoms with Crippen LogP contribution < -0.4 is 4.74 Å². The van der Waals surface area contributed by atoms with E-state index in [9.17, 15) is 0 Å². The molecule has 0 aliphatic heterocycles. The first-order chi connectivity index (χ1) is 9.97. The molecule has 114 valence electrons. The first kappa shape index (κ1) is 18.2. The molecule has 0 atom stereocenters. The van der Waals surface area contributed by atoms with E-state index in [-0.39, 0.29) is 0 Å². The molecule has 21 heavy (non-hydrogen) atoms. The molecule has 0 spiro atoms. The Balaban J connectivity index is 2.72. The Morgan fingerprint density at radius 2 is 1.86 bits per heavy atom. The molecule has 0 unspecified atom stereocenters. The third kappa shape index (κ3) is 7.09. The quantitative estimate of drug-likeness (QED) is 0.357. The fraction of sp³-hybridized carbons (Fsp3) is 0.474. The number of hydrogen-bond acceptors (Lipinski definition) is 1. The molecule has 0 radical (unpaired) electrons. The van der Waals surface area contributed by atoms with Gasteiger partial charge in [0.05, 0.1) is 0 Å². The third-order valence-corrected chi connectivity index (χ3v) is 10.1. The van der Waals surface area contributed by atoms with Crippen molar-refractivity contribution in [3.8, 4) is 17.6 Å². The van der Waals surface area contributed by atoms with E-state index in [1.165, 1.54) is 19.3 Å². The van der Waals surface area contributed by atoms with Crippen LogP contribution in [0.5, 0.6) is 5.75 Å². The molecule has 2 heteroatoms. The van der Waals surface area contributed by atoms with Crippen molar-refractivity contribution in [2.24, 2.45) is 0 Å². The minimum absolute atomic E-state index is 0.881. The van der Waals surface area contributed by atoms with E-state index in [4.69, 9.17) is 4.74 Å². The van der Waals surface area contributed by atoms with Crippen LogP contribution in [0, 0.1) is 11.8 Å². The molecule has 0 heterocycles. The van der Waals surface area contributed by atoms with Crippen molar-refractivity contribution in [2.45, 2.75) is 47.4 Å². The van der Waals surface area contributed by atoms with Crippen LogP contribution in [0.15, 0.2) is 33.9 Å². The van der Waals surface area contributed by atoms with Crippen molar-refractivity contribution < 1.29 is 4.74 Å². The van der Waals surface area contributed by atoms with Gasteiger partial charge in [0.15, 0.2) is 0 Å². The van der Waals surface area contributed by atoms with Crippen LogP contribution in [-0.2, 0) is 0 Å². The van der Waals surface area contributed by atoms with Gasteiger partial charge >= 0.3 is 135 Å². The Labute approximate surface area is 134 Å². The second kappa shape index (κ2) is 9.20. The van der Waals surface area contributed by atoms with Gasteiger partial charge in [-0.2, -0.15) is 0 Å². The summed E-state index contributed by atoms with van der Waals surface area (Å²) in [5.41, 5.74) is 1.06. The second-order valence-corrected chi connectivity index (χ2v) is 21.0. The molecular formula is C19H28OSn. The summed E-state index contributed by atoms with van der Waals surface area (Å²) in [4.78, 5) is 7.42. The summed E-state index contributed by atoms with van der Waals surface area (Å²) in [6.07, 6.45) is 7.18. The molecule has 0 fully saturated rings. The molecular weight excluding hydrogens is 363 g/mol. The molecule has 1 aromatic rings. The Morgan fingerprint density at radius 3 is 2.38 bits per heavy atom. The third-order valence-electron chi connectivity index (χ3n) is 3.51. The van der Waals surface area contributed by atoms with Gasteiger partial charge in [0.1, 0.15) is 0 Å². The summed E-state index contributed by atoms with van der Waals surface area (Å²) in [7, 11) is 1.68. The molecule has 1 nitrogen and oxygen atoms in total. The van der Waals surface area contributed by atoms with E-state index in [1.54, 1.807) is 10.7 Å². The van der Waals surface area contributed by atoms with E-state index in [2.05, 4.69) is 39.7 Å². The molecule has 0 saturated carbocycles. The van der Waals surface area contributed by atoms with Crippen molar-refractivity contribution in [3.05, 3.63) is 39.5 Å². The molecule has 1 rings (SSSR count). The zero-order valence-corrected chi connectivity index (χ0v) is 17.0. The maximum absolute atomic E-state index is 5.16. The fourth-order valence-electron chi connectivity index (χ4n) is 2.04. The SMILES string of the molecule is CCCC/C=[C](/CC#Cc1ccc(OC)cc1)[Sn]([CH3])([CH3])[CH3].